The summed E-state index contributed by atoms with van der Waals surface area (Å²) in [4.78, 5) is 37.8. The van der Waals surface area contributed by atoms with Gasteiger partial charge in [-0.1, -0.05) is 19.8 Å². The van der Waals surface area contributed by atoms with Gasteiger partial charge in [0.1, 0.15) is 5.56 Å². The van der Waals surface area contributed by atoms with Crippen LogP contribution in [-0.2, 0) is 4.79 Å². The first-order chi connectivity index (χ1) is 9.43. The number of carbonyl (C=O) groups is 2. The van der Waals surface area contributed by atoms with Crippen LogP contribution in [-0.4, -0.2) is 23.8 Å². The number of H-pyrrole nitrogens is 1. The highest BCUT2D eigenvalue weighted by Gasteiger charge is 2.28. The number of aromatic amines is 1. The molecular weight excluding hydrogens is 326 g/mol. The van der Waals surface area contributed by atoms with Crippen molar-refractivity contribution in [1.29, 1.82) is 0 Å². The van der Waals surface area contributed by atoms with Gasteiger partial charge in [-0.15, -0.1) is 0 Å². The standard InChI is InChI=1S/C13H18BrN3O3/c1-3-4-5-7(12(19)16-2)9-8(14)6-17-13(20)10(9)11(15)18/h6-7H,3-5H2,1-2H3,(H2,15,18)(H,16,19)(H,17,20)/t7-/m1/s1. The van der Waals surface area contributed by atoms with Crippen LogP contribution in [0.5, 0.6) is 0 Å². The van der Waals surface area contributed by atoms with E-state index in [1.54, 1.807) is 0 Å². The van der Waals surface area contributed by atoms with Crippen LogP contribution in [0, 0.1) is 0 Å². The maximum Gasteiger partial charge on any atom is 0.261 e. The van der Waals surface area contributed by atoms with Crippen molar-refractivity contribution in [1.82, 2.24) is 10.3 Å². The molecule has 0 spiro atoms. The van der Waals surface area contributed by atoms with E-state index in [1.807, 2.05) is 6.92 Å². The molecule has 0 saturated heterocycles. The van der Waals surface area contributed by atoms with Gasteiger partial charge in [0.15, 0.2) is 0 Å². The van der Waals surface area contributed by atoms with Gasteiger partial charge in [-0.2, -0.15) is 0 Å². The van der Waals surface area contributed by atoms with Crippen molar-refractivity contribution in [3.63, 3.8) is 0 Å². The van der Waals surface area contributed by atoms with Gasteiger partial charge in [-0.05, 0) is 27.9 Å². The lowest BCUT2D eigenvalue weighted by Crippen LogP contribution is -2.32. The predicted molar refractivity (Wildman–Crippen MR) is 79.6 cm³/mol. The smallest absolute Gasteiger partial charge is 0.261 e. The number of amides is 2. The van der Waals surface area contributed by atoms with Gasteiger partial charge in [0.05, 0.1) is 5.92 Å². The van der Waals surface area contributed by atoms with Crippen LogP contribution in [0.2, 0.25) is 0 Å². The molecule has 1 aromatic rings. The van der Waals surface area contributed by atoms with E-state index in [4.69, 9.17) is 5.73 Å². The lowest BCUT2D eigenvalue weighted by Gasteiger charge is -2.19. The van der Waals surface area contributed by atoms with Gasteiger partial charge in [0.2, 0.25) is 5.91 Å². The highest BCUT2D eigenvalue weighted by atomic mass is 79.9. The quantitative estimate of drug-likeness (QED) is 0.723. The number of rotatable bonds is 6. The number of nitrogens with two attached hydrogens (primary N) is 1. The average Bonchev–Trinajstić information content (AvgIpc) is 2.41. The third-order valence-corrected chi connectivity index (χ3v) is 3.74. The fraction of sp³-hybridized carbons (Fsp3) is 0.462. The Balaban J connectivity index is 3.45. The molecule has 0 aliphatic carbocycles. The highest BCUT2D eigenvalue weighted by molar-refractivity contribution is 9.10. The Morgan fingerprint density at radius 2 is 2.15 bits per heavy atom. The van der Waals surface area contributed by atoms with Crippen LogP contribution in [0.1, 0.15) is 48.0 Å². The minimum absolute atomic E-state index is 0.163. The normalized spacial score (nSPS) is 11.9. The van der Waals surface area contributed by atoms with Gasteiger partial charge in [-0.3, -0.25) is 14.4 Å². The lowest BCUT2D eigenvalue weighted by molar-refractivity contribution is -0.122. The second-order valence-electron chi connectivity index (χ2n) is 4.43. The summed E-state index contributed by atoms with van der Waals surface area (Å²) in [5.41, 5.74) is 4.89. The molecule has 1 rings (SSSR count). The number of halogens is 1. The number of nitrogens with one attached hydrogen (secondary N) is 2. The van der Waals surface area contributed by atoms with Crippen LogP contribution >= 0.6 is 15.9 Å². The summed E-state index contributed by atoms with van der Waals surface area (Å²) in [6.07, 6.45) is 3.67. The largest absolute Gasteiger partial charge is 0.365 e. The minimum atomic E-state index is -0.840. The molecule has 1 aromatic heterocycles. The molecular formula is C13H18BrN3O3. The van der Waals surface area contributed by atoms with Crippen molar-refractivity contribution in [2.45, 2.75) is 32.1 Å². The number of hydrogen-bond acceptors (Lipinski definition) is 3. The molecule has 6 nitrogen and oxygen atoms in total. The Bertz CT molecular complexity index is 568. The number of carbonyl (C=O) groups excluding carboxylic acids is 2. The maximum absolute atomic E-state index is 12.1. The molecule has 0 fully saturated rings. The molecule has 1 atom stereocenters. The van der Waals surface area contributed by atoms with Crippen LogP contribution in [0.25, 0.3) is 0 Å². The van der Waals surface area contributed by atoms with Crippen molar-refractivity contribution in [2.24, 2.45) is 5.73 Å². The molecule has 20 heavy (non-hydrogen) atoms. The Kier molecular flexibility index (Phi) is 5.94. The molecule has 0 saturated carbocycles. The van der Waals surface area contributed by atoms with E-state index in [0.29, 0.717) is 16.5 Å². The first-order valence-electron chi connectivity index (χ1n) is 6.36. The summed E-state index contributed by atoms with van der Waals surface area (Å²) in [5.74, 6) is -1.67. The van der Waals surface area contributed by atoms with E-state index in [2.05, 4.69) is 26.2 Å². The zero-order valence-corrected chi connectivity index (χ0v) is 13.0. The zero-order valence-electron chi connectivity index (χ0n) is 11.5. The SMILES string of the molecule is CCCC[C@@H](C(=O)NC)c1c(Br)c[nH]c(=O)c1C(N)=O. The number of pyridine rings is 1. The molecule has 0 bridgehead atoms. The summed E-state index contributed by atoms with van der Waals surface area (Å²) in [6, 6.07) is 0. The van der Waals surface area contributed by atoms with E-state index < -0.39 is 17.4 Å². The highest BCUT2D eigenvalue weighted by Crippen LogP contribution is 2.30. The first kappa shape index (κ1) is 16.4. The number of primary amides is 1. The second kappa shape index (κ2) is 7.23. The minimum Gasteiger partial charge on any atom is -0.365 e. The number of unbranched alkanes of at least 4 members (excludes halogenated alkanes) is 1. The van der Waals surface area contributed by atoms with Gasteiger partial charge < -0.3 is 16.0 Å². The average molecular weight is 344 g/mol. The van der Waals surface area contributed by atoms with Crippen molar-refractivity contribution >= 4 is 27.7 Å². The molecule has 0 aliphatic heterocycles. The van der Waals surface area contributed by atoms with Gasteiger partial charge >= 0.3 is 0 Å². The van der Waals surface area contributed by atoms with E-state index >= 15 is 0 Å². The van der Waals surface area contributed by atoms with Crippen molar-refractivity contribution < 1.29 is 9.59 Å². The Hall–Kier alpha value is -1.63. The van der Waals surface area contributed by atoms with Gasteiger partial charge in [0.25, 0.3) is 11.5 Å². The second-order valence-corrected chi connectivity index (χ2v) is 5.28. The molecule has 0 radical (unpaired) electrons. The fourth-order valence-corrected chi connectivity index (χ4v) is 2.68. The molecule has 4 N–H and O–H groups in total. The van der Waals surface area contributed by atoms with Crippen LogP contribution < -0.4 is 16.6 Å². The van der Waals surface area contributed by atoms with Crippen LogP contribution in [0.15, 0.2) is 15.5 Å². The van der Waals surface area contributed by atoms with E-state index in [0.717, 1.165) is 12.8 Å². The molecule has 2 amide bonds. The molecule has 110 valence electrons. The summed E-state index contributed by atoms with van der Waals surface area (Å²) in [6.45, 7) is 2.00. The van der Waals surface area contributed by atoms with Crippen LogP contribution in [0.4, 0.5) is 0 Å². The molecule has 7 heteroatoms. The van der Waals surface area contributed by atoms with Crippen molar-refractivity contribution in [3.05, 3.63) is 32.2 Å². The predicted octanol–water partition coefficient (Wildman–Crippen LogP) is 1.26. The van der Waals surface area contributed by atoms with E-state index in [9.17, 15) is 14.4 Å². The Morgan fingerprint density at radius 3 is 2.65 bits per heavy atom. The van der Waals surface area contributed by atoms with E-state index in [-0.39, 0.29) is 11.5 Å². The lowest BCUT2D eigenvalue weighted by atomic mass is 9.90. The number of likely N-dealkylation sites (N-methyl/N-ethyl adjacent to an activating group) is 1. The third kappa shape index (κ3) is 3.47. The van der Waals surface area contributed by atoms with Gasteiger partial charge in [0, 0.05) is 17.7 Å². The summed E-state index contributed by atoms with van der Waals surface area (Å²) in [7, 11) is 1.52. The monoisotopic (exact) mass is 343 g/mol. The summed E-state index contributed by atoms with van der Waals surface area (Å²) < 4.78 is 0.496. The van der Waals surface area contributed by atoms with Crippen molar-refractivity contribution in [2.75, 3.05) is 7.05 Å². The third-order valence-electron chi connectivity index (χ3n) is 3.09. The Morgan fingerprint density at radius 1 is 1.50 bits per heavy atom. The zero-order chi connectivity index (χ0) is 15.3. The molecule has 0 unspecified atom stereocenters. The van der Waals surface area contributed by atoms with Gasteiger partial charge in [-0.25, -0.2) is 0 Å². The van der Waals surface area contributed by atoms with Crippen LogP contribution in [0.3, 0.4) is 0 Å². The molecule has 0 aliphatic rings. The Labute approximate surface area is 125 Å². The number of hydrogen-bond donors (Lipinski definition) is 3. The fourth-order valence-electron chi connectivity index (χ4n) is 2.09. The summed E-state index contributed by atoms with van der Waals surface area (Å²) in [5, 5.41) is 2.56. The van der Waals surface area contributed by atoms with Crippen molar-refractivity contribution in [3.8, 4) is 0 Å². The molecule has 0 aromatic carbocycles. The first-order valence-corrected chi connectivity index (χ1v) is 7.15. The molecule has 1 heterocycles. The maximum atomic E-state index is 12.1. The van der Waals surface area contributed by atoms with E-state index in [1.165, 1.54) is 13.2 Å². The number of aromatic nitrogens is 1. The topological polar surface area (TPSA) is 105 Å². The summed E-state index contributed by atoms with van der Waals surface area (Å²) >= 11 is 3.28.